The zero-order valence-electron chi connectivity index (χ0n) is 11.5. The Labute approximate surface area is 127 Å². The molecule has 0 radical (unpaired) electrons. The fraction of sp³-hybridized carbons (Fsp3) is 0.294. The van der Waals surface area contributed by atoms with Crippen LogP contribution in [0.5, 0.6) is 0 Å². The standard InChI is InChI=1S/C17H14N2OS/c18-9-10-2-1-3-11(8-10)15-16-12(4-5-14(16)20)19-13-6-7-21-17(13)15/h1-3,8,15,19H,4-7H2. The van der Waals surface area contributed by atoms with Crippen LogP contribution in [0.15, 0.2) is 46.1 Å². The maximum atomic E-state index is 12.3. The Morgan fingerprint density at radius 1 is 1.24 bits per heavy atom. The molecule has 0 spiro atoms. The van der Waals surface area contributed by atoms with Crippen LogP contribution < -0.4 is 5.32 Å². The van der Waals surface area contributed by atoms with Gasteiger partial charge in [0.25, 0.3) is 0 Å². The van der Waals surface area contributed by atoms with Gasteiger partial charge in [0.15, 0.2) is 5.78 Å². The van der Waals surface area contributed by atoms with Crippen LogP contribution in [-0.4, -0.2) is 11.5 Å². The van der Waals surface area contributed by atoms with E-state index in [0.717, 1.165) is 35.4 Å². The lowest BCUT2D eigenvalue weighted by atomic mass is 9.85. The summed E-state index contributed by atoms with van der Waals surface area (Å²) in [5.74, 6) is 1.36. The SMILES string of the molecule is N#Cc1cccc(C2C3=C(CCS3)NC3=C2C(=O)CC3)c1. The van der Waals surface area contributed by atoms with Gasteiger partial charge < -0.3 is 5.32 Å². The molecule has 1 atom stereocenters. The second-order valence-electron chi connectivity index (χ2n) is 5.55. The molecule has 1 aliphatic carbocycles. The molecule has 0 saturated heterocycles. The lowest BCUT2D eigenvalue weighted by Gasteiger charge is -2.27. The minimum Gasteiger partial charge on any atom is -0.361 e. The van der Waals surface area contributed by atoms with E-state index in [4.69, 9.17) is 5.26 Å². The van der Waals surface area contributed by atoms with Crippen LogP contribution >= 0.6 is 11.8 Å². The van der Waals surface area contributed by atoms with E-state index < -0.39 is 0 Å². The minimum absolute atomic E-state index is 0.0343. The number of nitrogens with zero attached hydrogens (tertiary/aromatic N) is 1. The molecule has 0 aromatic heterocycles. The van der Waals surface area contributed by atoms with Crippen molar-refractivity contribution in [2.75, 3.05) is 5.75 Å². The number of Topliss-reactive ketones (excluding diaryl/α,β-unsaturated/α-hetero) is 1. The maximum absolute atomic E-state index is 12.3. The number of benzene rings is 1. The first-order chi connectivity index (χ1) is 10.3. The molecule has 1 aromatic rings. The number of dihydropyridines is 1. The van der Waals surface area contributed by atoms with Crippen molar-refractivity contribution in [3.8, 4) is 6.07 Å². The summed E-state index contributed by atoms with van der Waals surface area (Å²) < 4.78 is 0. The smallest absolute Gasteiger partial charge is 0.161 e. The van der Waals surface area contributed by atoms with Gasteiger partial charge in [0.05, 0.1) is 11.6 Å². The molecule has 0 fully saturated rings. The highest BCUT2D eigenvalue weighted by molar-refractivity contribution is 8.03. The predicted molar refractivity (Wildman–Crippen MR) is 82.4 cm³/mol. The van der Waals surface area contributed by atoms with E-state index in [-0.39, 0.29) is 11.7 Å². The van der Waals surface area contributed by atoms with Crippen LogP contribution in [0.3, 0.4) is 0 Å². The molecule has 1 aromatic carbocycles. The van der Waals surface area contributed by atoms with Crippen molar-refractivity contribution in [3.63, 3.8) is 0 Å². The first-order valence-electron chi connectivity index (χ1n) is 7.17. The third-order valence-corrected chi connectivity index (χ3v) is 5.54. The molecule has 4 heteroatoms. The molecule has 1 unspecified atom stereocenters. The Morgan fingerprint density at radius 2 is 2.14 bits per heavy atom. The molecule has 2 heterocycles. The van der Waals surface area contributed by atoms with Crippen molar-refractivity contribution in [1.29, 1.82) is 5.26 Å². The highest BCUT2D eigenvalue weighted by Gasteiger charge is 2.39. The Balaban J connectivity index is 1.87. The number of ketones is 1. The van der Waals surface area contributed by atoms with Gasteiger partial charge in [-0.05, 0) is 30.5 Å². The summed E-state index contributed by atoms with van der Waals surface area (Å²) in [6.45, 7) is 0. The van der Waals surface area contributed by atoms with Gasteiger partial charge in [-0.1, -0.05) is 12.1 Å². The second kappa shape index (κ2) is 4.78. The van der Waals surface area contributed by atoms with Gasteiger partial charge >= 0.3 is 0 Å². The van der Waals surface area contributed by atoms with Gasteiger partial charge in [0, 0.05) is 40.0 Å². The fourth-order valence-electron chi connectivity index (χ4n) is 3.42. The Kier molecular flexibility index (Phi) is 2.90. The summed E-state index contributed by atoms with van der Waals surface area (Å²) in [7, 11) is 0. The lowest BCUT2D eigenvalue weighted by molar-refractivity contribution is -0.115. The largest absolute Gasteiger partial charge is 0.361 e. The monoisotopic (exact) mass is 294 g/mol. The molecular formula is C17H14N2OS. The van der Waals surface area contributed by atoms with Crippen molar-refractivity contribution in [2.24, 2.45) is 0 Å². The minimum atomic E-state index is 0.0343. The van der Waals surface area contributed by atoms with Gasteiger partial charge in [-0.25, -0.2) is 0 Å². The molecule has 0 amide bonds. The van der Waals surface area contributed by atoms with Gasteiger partial charge in [-0.15, -0.1) is 11.8 Å². The predicted octanol–water partition coefficient (Wildman–Crippen LogP) is 3.21. The number of hydrogen-bond acceptors (Lipinski definition) is 4. The Hall–Kier alpha value is -1.99. The molecule has 0 saturated carbocycles. The number of hydrogen-bond donors (Lipinski definition) is 1. The number of nitriles is 1. The maximum Gasteiger partial charge on any atom is 0.161 e. The van der Waals surface area contributed by atoms with Gasteiger partial charge in [0.2, 0.25) is 0 Å². The van der Waals surface area contributed by atoms with E-state index in [1.807, 2.05) is 36.0 Å². The van der Waals surface area contributed by atoms with Crippen molar-refractivity contribution in [3.05, 3.63) is 57.3 Å². The average Bonchev–Trinajstić information content (AvgIpc) is 3.12. The molecule has 21 heavy (non-hydrogen) atoms. The van der Waals surface area contributed by atoms with Crippen LogP contribution in [0.2, 0.25) is 0 Å². The van der Waals surface area contributed by atoms with E-state index in [2.05, 4.69) is 11.4 Å². The van der Waals surface area contributed by atoms with Crippen molar-refractivity contribution in [2.45, 2.75) is 25.2 Å². The van der Waals surface area contributed by atoms with Crippen LogP contribution in [0.1, 0.15) is 36.3 Å². The van der Waals surface area contributed by atoms with E-state index >= 15 is 0 Å². The van der Waals surface area contributed by atoms with Crippen LogP contribution in [0, 0.1) is 11.3 Å². The summed E-state index contributed by atoms with van der Waals surface area (Å²) in [4.78, 5) is 13.6. The highest BCUT2D eigenvalue weighted by Crippen LogP contribution is 2.50. The van der Waals surface area contributed by atoms with Crippen molar-refractivity contribution >= 4 is 17.5 Å². The van der Waals surface area contributed by atoms with Gasteiger partial charge in [0.1, 0.15) is 0 Å². The Morgan fingerprint density at radius 3 is 3.00 bits per heavy atom. The van der Waals surface area contributed by atoms with Crippen molar-refractivity contribution in [1.82, 2.24) is 5.32 Å². The van der Waals surface area contributed by atoms with E-state index in [0.29, 0.717) is 12.0 Å². The van der Waals surface area contributed by atoms with E-state index in [1.54, 1.807) is 0 Å². The first kappa shape index (κ1) is 12.7. The number of carbonyl (C=O) groups is 1. The number of carbonyl (C=O) groups excluding carboxylic acids is 1. The van der Waals surface area contributed by atoms with Crippen LogP contribution in [0.4, 0.5) is 0 Å². The summed E-state index contributed by atoms with van der Waals surface area (Å²) in [6, 6.07) is 9.89. The second-order valence-corrected chi connectivity index (χ2v) is 6.69. The number of thioether (sulfide) groups is 1. The third-order valence-electron chi connectivity index (χ3n) is 4.34. The number of allylic oxidation sites excluding steroid dienone is 4. The molecule has 2 aliphatic heterocycles. The van der Waals surface area contributed by atoms with E-state index in [9.17, 15) is 4.79 Å². The average molecular weight is 294 g/mol. The fourth-order valence-corrected chi connectivity index (χ4v) is 4.69. The Bertz CT molecular complexity index is 754. The van der Waals surface area contributed by atoms with Crippen molar-refractivity contribution < 1.29 is 4.79 Å². The molecule has 3 nitrogen and oxygen atoms in total. The summed E-state index contributed by atoms with van der Waals surface area (Å²) in [5, 5.41) is 12.6. The van der Waals surface area contributed by atoms with Crippen LogP contribution in [-0.2, 0) is 4.79 Å². The third kappa shape index (κ3) is 1.92. The molecule has 1 N–H and O–H groups in total. The topological polar surface area (TPSA) is 52.9 Å². The first-order valence-corrected chi connectivity index (χ1v) is 8.15. The number of rotatable bonds is 1. The number of nitrogens with one attached hydrogen (secondary N) is 1. The molecular weight excluding hydrogens is 280 g/mol. The quantitative estimate of drug-likeness (QED) is 0.864. The zero-order chi connectivity index (χ0) is 14.4. The molecule has 4 rings (SSSR count). The summed E-state index contributed by atoms with van der Waals surface area (Å²) in [5.41, 5.74) is 5.04. The zero-order valence-corrected chi connectivity index (χ0v) is 12.3. The van der Waals surface area contributed by atoms with E-state index in [1.165, 1.54) is 10.6 Å². The highest BCUT2D eigenvalue weighted by atomic mass is 32.2. The van der Waals surface area contributed by atoms with Gasteiger partial charge in [-0.3, -0.25) is 4.79 Å². The summed E-state index contributed by atoms with van der Waals surface area (Å²) in [6.07, 6.45) is 2.47. The molecule has 0 bridgehead atoms. The molecule has 3 aliphatic rings. The summed E-state index contributed by atoms with van der Waals surface area (Å²) >= 11 is 1.84. The van der Waals surface area contributed by atoms with Crippen LogP contribution in [0.25, 0.3) is 0 Å². The van der Waals surface area contributed by atoms with Gasteiger partial charge in [-0.2, -0.15) is 5.26 Å². The molecule has 104 valence electrons. The normalized spacial score (nSPS) is 23.8. The lowest BCUT2D eigenvalue weighted by Crippen LogP contribution is -2.23.